The van der Waals surface area contributed by atoms with E-state index in [0.717, 1.165) is 6.04 Å². The molecule has 0 radical (unpaired) electrons. The van der Waals surface area contributed by atoms with Crippen LogP contribution in [-0.2, 0) is 0 Å². The Balaban J connectivity index is 2.08. The van der Waals surface area contributed by atoms with Crippen molar-refractivity contribution in [1.82, 2.24) is 10.2 Å². The minimum atomic E-state index is 0.512. The highest BCUT2D eigenvalue weighted by Gasteiger charge is 2.39. The molecule has 2 nitrogen and oxygen atoms in total. The van der Waals surface area contributed by atoms with Crippen molar-refractivity contribution in [3.8, 4) is 0 Å². The molecule has 1 heterocycles. The zero-order chi connectivity index (χ0) is 13.4. The molecule has 0 aromatic heterocycles. The predicted octanol–water partition coefficient (Wildman–Crippen LogP) is 3.28. The zero-order valence-electron chi connectivity index (χ0n) is 13.1. The maximum Gasteiger partial charge on any atom is 0.0254 e. The molecule has 2 atom stereocenters. The van der Waals surface area contributed by atoms with Gasteiger partial charge in [-0.25, -0.2) is 0 Å². The van der Waals surface area contributed by atoms with E-state index < -0.39 is 0 Å². The lowest BCUT2D eigenvalue weighted by atomic mass is 9.71. The van der Waals surface area contributed by atoms with Crippen LogP contribution in [0.2, 0.25) is 0 Å². The van der Waals surface area contributed by atoms with Crippen LogP contribution in [0.3, 0.4) is 0 Å². The summed E-state index contributed by atoms with van der Waals surface area (Å²) in [5, 5.41) is 3.57. The molecule has 18 heavy (non-hydrogen) atoms. The minimum absolute atomic E-state index is 0.512. The van der Waals surface area contributed by atoms with Crippen molar-refractivity contribution in [2.75, 3.05) is 20.1 Å². The van der Waals surface area contributed by atoms with Gasteiger partial charge in [-0.1, -0.05) is 27.7 Å². The van der Waals surface area contributed by atoms with Gasteiger partial charge in [0, 0.05) is 18.6 Å². The second-order valence-corrected chi connectivity index (χ2v) is 8.11. The Morgan fingerprint density at radius 1 is 1.06 bits per heavy atom. The third kappa shape index (κ3) is 3.27. The normalized spacial score (nSPS) is 36.5. The fourth-order valence-electron chi connectivity index (χ4n) is 4.02. The van der Waals surface area contributed by atoms with E-state index in [9.17, 15) is 0 Å². The summed E-state index contributed by atoms with van der Waals surface area (Å²) >= 11 is 0. The van der Waals surface area contributed by atoms with Crippen LogP contribution in [0.1, 0.15) is 59.8 Å². The number of rotatable bonds is 2. The van der Waals surface area contributed by atoms with Crippen molar-refractivity contribution in [2.45, 2.75) is 71.9 Å². The largest absolute Gasteiger partial charge is 0.315 e. The number of nitrogens with zero attached hydrogens (tertiary/aromatic N) is 1. The van der Waals surface area contributed by atoms with Crippen LogP contribution in [0, 0.1) is 10.8 Å². The lowest BCUT2D eigenvalue weighted by molar-refractivity contribution is 0.0168. The Bertz CT molecular complexity index is 283. The molecule has 2 fully saturated rings. The van der Waals surface area contributed by atoms with Gasteiger partial charge in [-0.05, 0) is 56.5 Å². The summed E-state index contributed by atoms with van der Waals surface area (Å²) in [5.74, 6) is 0. The van der Waals surface area contributed by atoms with Crippen LogP contribution in [0.15, 0.2) is 0 Å². The van der Waals surface area contributed by atoms with Gasteiger partial charge in [0.25, 0.3) is 0 Å². The van der Waals surface area contributed by atoms with Gasteiger partial charge < -0.3 is 5.32 Å². The highest BCUT2D eigenvalue weighted by molar-refractivity contribution is 4.96. The van der Waals surface area contributed by atoms with Crippen LogP contribution in [0.25, 0.3) is 0 Å². The fraction of sp³-hybridized carbons (Fsp3) is 1.00. The first-order valence-electron chi connectivity index (χ1n) is 7.74. The summed E-state index contributed by atoms with van der Waals surface area (Å²) in [6.07, 6.45) is 6.83. The van der Waals surface area contributed by atoms with E-state index in [0.29, 0.717) is 16.9 Å². The van der Waals surface area contributed by atoms with Crippen molar-refractivity contribution >= 4 is 0 Å². The highest BCUT2D eigenvalue weighted by atomic mass is 15.2. The monoisotopic (exact) mass is 252 g/mol. The first kappa shape index (κ1) is 14.3. The van der Waals surface area contributed by atoms with E-state index in [4.69, 9.17) is 0 Å². The topological polar surface area (TPSA) is 15.3 Å². The lowest BCUT2D eigenvalue weighted by Gasteiger charge is -2.50. The van der Waals surface area contributed by atoms with Crippen LogP contribution >= 0.6 is 0 Å². The van der Waals surface area contributed by atoms with Gasteiger partial charge >= 0.3 is 0 Å². The third-order valence-electron chi connectivity index (χ3n) is 5.13. The van der Waals surface area contributed by atoms with E-state index in [2.05, 4.69) is 45.0 Å². The second-order valence-electron chi connectivity index (χ2n) is 8.11. The first-order chi connectivity index (χ1) is 8.33. The highest BCUT2D eigenvalue weighted by Crippen LogP contribution is 2.40. The van der Waals surface area contributed by atoms with Gasteiger partial charge in [0.15, 0.2) is 0 Å². The summed E-state index contributed by atoms with van der Waals surface area (Å²) in [6.45, 7) is 12.3. The number of hydrogen-bond donors (Lipinski definition) is 1. The molecule has 2 rings (SSSR count). The summed E-state index contributed by atoms with van der Waals surface area (Å²) in [5.41, 5.74) is 1.04. The summed E-state index contributed by atoms with van der Waals surface area (Å²) in [7, 11) is 2.14. The second kappa shape index (κ2) is 5.13. The number of hydrogen-bond acceptors (Lipinski definition) is 2. The lowest BCUT2D eigenvalue weighted by Crippen LogP contribution is -2.57. The van der Waals surface area contributed by atoms with Crippen molar-refractivity contribution in [3.63, 3.8) is 0 Å². The molecule has 2 aliphatic rings. The summed E-state index contributed by atoms with van der Waals surface area (Å²) in [6, 6.07) is 1.45. The van der Waals surface area contributed by atoms with Crippen LogP contribution < -0.4 is 5.32 Å². The van der Waals surface area contributed by atoms with E-state index in [1.54, 1.807) is 0 Å². The Morgan fingerprint density at radius 2 is 1.78 bits per heavy atom. The predicted molar refractivity (Wildman–Crippen MR) is 78.9 cm³/mol. The minimum Gasteiger partial charge on any atom is -0.315 e. The molecule has 1 aliphatic carbocycles. The molecule has 0 amide bonds. The number of piperidine rings is 1. The molecule has 1 aliphatic heterocycles. The molecule has 2 heteroatoms. The number of likely N-dealkylation sites (N-methyl/N-ethyl adjacent to an activating group) is 1. The third-order valence-corrected chi connectivity index (χ3v) is 5.13. The van der Waals surface area contributed by atoms with E-state index in [1.165, 1.54) is 45.2 Å². The van der Waals surface area contributed by atoms with Crippen LogP contribution in [0.5, 0.6) is 0 Å². The Labute approximate surface area is 114 Å². The van der Waals surface area contributed by atoms with Crippen LogP contribution in [-0.4, -0.2) is 37.1 Å². The van der Waals surface area contributed by atoms with Gasteiger partial charge in [0.2, 0.25) is 0 Å². The molecule has 0 aromatic carbocycles. The Kier molecular flexibility index (Phi) is 4.08. The van der Waals surface area contributed by atoms with E-state index in [1.807, 2.05) is 0 Å². The average molecular weight is 252 g/mol. The Hall–Kier alpha value is -0.0800. The molecule has 1 saturated carbocycles. The van der Waals surface area contributed by atoms with Gasteiger partial charge in [-0.3, -0.25) is 4.90 Å². The quantitative estimate of drug-likeness (QED) is 0.811. The van der Waals surface area contributed by atoms with Crippen LogP contribution in [0.4, 0.5) is 0 Å². The summed E-state index contributed by atoms with van der Waals surface area (Å²) in [4.78, 5) is 2.78. The standard InChI is InChI=1S/C16H32N2/c1-15(2)9-7-13(17-5)14(11-15)18-10-6-8-16(3,4)12-18/h13-14,17H,6-12H2,1-5H3. The van der Waals surface area contributed by atoms with E-state index in [-0.39, 0.29) is 0 Å². The van der Waals surface area contributed by atoms with Gasteiger partial charge in [0.05, 0.1) is 0 Å². The van der Waals surface area contributed by atoms with Gasteiger partial charge in [-0.15, -0.1) is 0 Å². The molecule has 0 bridgehead atoms. The average Bonchev–Trinajstić information content (AvgIpc) is 2.26. The molecule has 2 unspecified atom stereocenters. The maximum atomic E-state index is 3.57. The molecular weight excluding hydrogens is 220 g/mol. The van der Waals surface area contributed by atoms with E-state index >= 15 is 0 Å². The molecule has 1 N–H and O–H groups in total. The maximum absolute atomic E-state index is 3.57. The van der Waals surface area contributed by atoms with Crippen molar-refractivity contribution in [1.29, 1.82) is 0 Å². The van der Waals surface area contributed by atoms with Gasteiger partial charge in [0.1, 0.15) is 0 Å². The number of likely N-dealkylation sites (tertiary alicyclic amines) is 1. The smallest absolute Gasteiger partial charge is 0.0254 e. The van der Waals surface area contributed by atoms with Crippen molar-refractivity contribution < 1.29 is 0 Å². The molecular formula is C16H32N2. The number of nitrogens with one attached hydrogen (secondary N) is 1. The zero-order valence-corrected chi connectivity index (χ0v) is 13.1. The van der Waals surface area contributed by atoms with Gasteiger partial charge in [-0.2, -0.15) is 0 Å². The Morgan fingerprint density at radius 3 is 2.39 bits per heavy atom. The fourth-order valence-corrected chi connectivity index (χ4v) is 4.02. The first-order valence-corrected chi connectivity index (χ1v) is 7.74. The molecule has 106 valence electrons. The molecule has 1 saturated heterocycles. The summed E-state index contributed by atoms with van der Waals surface area (Å²) < 4.78 is 0. The molecule has 0 aromatic rings. The molecule has 0 spiro atoms. The SMILES string of the molecule is CNC1CCC(C)(C)CC1N1CCCC(C)(C)C1. The van der Waals surface area contributed by atoms with Crippen molar-refractivity contribution in [3.05, 3.63) is 0 Å². The van der Waals surface area contributed by atoms with Crippen molar-refractivity contribution in [2.24, 2.45) is 10.8 Å².